The normalized spacial score (nSPS) is 10.3. The molecule has 4 aromatic carbocycles. The average Bonchev–Trinajstić information content (AvgIpc) is 3.14. The quantitative estimate of drug-likeness (QED) is 0.129. The Labute approximate surface area is 293 Å². The Bertz CT molecular complexity index is 1750. The van der Waals surface area contributed by atoms with Crippen LogP contribution in [-0.4, -0.2) is 23.0 Å². The molecule has 7 aromatic rings. The number of rotatable bonds is 5. The van der Waals surface area contributed by atoms with Crippen LogP contribution in [0.3, 0.4) is 0 Å². The predicted molar refractivity (Wildman–Crippen MR) is 194 cm³/mol. The zero-order valence-electron chi connectivity index (χ0n) is 26.8. The standard InChI is InChI=1S/C20H20NSi.2C11H8N.Ir/c1-22(2,3)19-11-7-9-17(15-19)16-8-6-10-18(14-16)20-12-4-5-13-21-20;2*1-2-6-10(7-3-1)11-8-4-5-9-12-11;/h4-9,11-15H,1-3H3;2*1-6,8-9H;/q3*-1;+3. The Balaban J connectivity index is 0.000000170. The summed E-state index contributed by atoms with van der Waals surface area (Å²) in [6.45, 7) is 7.14. The van der Waals surface area contributed by atoms with E-state index in [-0.39, 0.29) is 20.1 Å². The molecule has 5 heteroatoms. The fourth-order valence-corrected chi connectivity index (χ4v) is 5.82. The summed E-state index contributed by atoms with van der Waals surface area (Å²) in [7, 11) is -1.30. The van der Waals surface area contributed by atoms with Gasteiger partial charge in [-0.25, -0.2) is 0 Å². The summed E-state index contributed by atoms with van der Waals surface area (Å²) in [5.74, 6) is 0. The molecule has 0 aliphatic rings. The van der Waals surface area contributed by atoms with Gasteiger partial charge in [0.05, 0.1) is 8.07 Å². The van der Waals surface area contributed by atoms with Gasteiger partial charge in [-0.3, -0.25) is 0 Å². The first-order valence-corrected chi connectivity index (χ1v) is 18.8. The number of nitrogens with zero attached hydrogens (tertiary/aromatic N) is 3. The molecule has 0 spiro atoms. The molecule has 232 valence electrons. The third kappa shape index (κ3) is 10.6. The molecule has 0 atom stereocenters. The van der Waals surface area contributed by atoms with Crippen molar-refractivity contribution < 1.29 is 20.1 Å². The number of aromatic nitrogens is 3. The Morgan fingerprint density at radius 2 is 0.894 bits per heavy atom. The van der Waals surface area contributed by atoms with Gasteiger partial charge in [0.2, 0.25) is 0 Å². The molecular formula is C42H36IrN3Si. The van der Waals surface area contributed by atoms with Crippen LogP contribution in [0.4, 0.5) is 0 Å². The first kappa shape index (κ1) is 35.1. The van der Waals surface area contributed by atoms with Crippen LogP contribution in [0.1, 0.15) is 0 Å². The van der Waals surface area contributed by atoms with Crippen LogP contribution in [0.2, 0.25) is 19.6 Å². The van der Waals surface area contributed by atoms with Gasteiger partial charge in [-0.05, 0) is 40.8 Å². The van der Waals surface area contributed by atoms with E-state index in [0.717, 1.165) is 33.8 Å². The van der Waals surface area contributed by atoms with Crippen molar-refractivity contribution >= 4 is 13.3 Å². The van der Waals surface area contributed by atoms with E-state index in [1.54, 1.807) is 12.4 Å². The molecule has 0 aliphatic heterocycles. The summed E-state index contributed by atoms with van der Waals surface area (Å²) in [4.78, 5) is 12.9. The SMILES string of the molecule is C[Si](C)(C)c1cccc(-c2cc[c-]c(-c3ccccn3)c2)c1.[Ir+3].[c-]1ccccc1-c1ccccn1.[c-]1ccccc1-c1ccccn1. The monoisotopic (exact) mass is 803 g/mol. The molecule has 7 rings (SSSR count). The Morgan fingerprint density at radius 3 is 1.34 bits per heavy atom. The molecule has 0 amide bonds. The number of benzene rings is 4. The van der Waals surface area contributed by atoms with E-state index in [1.165, 1.54) is 16.3 Å². The van der Waals surface area contributed by atoms with E-state index in [2.05, 4.69) is 89.2 Å². The minimum Gasteiger partial charge on any atom is -0.305 e. The third-order valence-electron chi connectivity index (χ3n) is 7.10. The van der Waals surface area contributed by atoms with Crippen LogP contribution in [0.15, 0.2) is 164 Å². The fourth-order valence-electron chi connectivity index (χ4n) is 4.63. The van der Waals surface area contributed by atoms with Crippen LogP contribution in [0.5, 0.6) is 0 Å². The predicted octanol–water partition coefficient (Wildman–Crippen LogP) is 9.86. The van der Waals surface area contributed by atoms with Crippen LogP contribution in [0.25, 0.3) is 44.9 Å². The summed E-state index contributed by atoms with van der Waals surface area (Å²) in [5.41, 5.74) is 8.51. The topological polar surface area (TPSA) is 38.7 Å². The molecule has 0 aliphatic carbocycles. The zero-order valence-corrected chi connectivity index (χ0v) is 30.2. The van der Waals surface area contributed by atoms with Crippen molar-refractivity contribution in [3.63, 3.8) is 0 Å². The summed E-state index contributed by atoms with van der Waals surface area (Å²) < 4.78 is 0. The van der Waals surface area contributed by atoms with Crippen molar-refractivity contribution in [1.82, 2.24) is 15.0 Å². The van der Waals surface area contributed by atoms with Gasteiger partial charge in [-0.15, -0.1) is 107 Å². The Kier molecular flexibility index (Phi) is 13.3. The van der Waals surface area contributed by atoms with Crippen molar-refractivity contribution in [3.05, 3.63) is 182 Å². The maximum absolute atomic E-state index is 4.42. The Morgan fingerprint density at radius 1 is 0.426 bits per heavy atom. The molecule has 0 N–H and O–H groups in total. The third-order valence-corrected chi connectivity index (χ3v) is 9.15. The fraction of sp³-hybridized carbons (Fsp3) is 0.0714. The molecular weight excluding hydrogens is 767 g/mol. The molecule has 0 bridgehead atoms. The minimum atomic E-state index is -1.30. The van der Waals surface area contributed by atoms with Crippen molar-refractivity contribution in [1.29, 1.82) is 0 Å². The second kappa shape index (κ2) is 17.8. The smallest absolute Gasteiger partial charge is 0.305 e. The van der Waals surface area contributed by atoms with E-state index in [1.807, 2.05) is 115 Å². The van der Waals surface area contributed by atoms with Gasteiger partial charge in [-0.2, -0.15) is 0 Å². The van der Waals surface area contributed by atoms with Crippen molar-refractivity contribution in [3.8, 4) is 44.9 Å². The largest absolute Gasteiger partial charge is 3.00 e. The maximum atomic E-state index is 4.42. The zero-order chi connectivity index (χ0) is 32.0. The molecule has 0 saturated carbocycles. The molecule has 0 unspecified atom stereocenters. The van der Waals surface area contributed by atoms with E-state index in [0.29, 0.717) is 0 Å². The van der Waals surface area contributed by atoms with E-state index in [4.69, 9.17) is 0 Å². The van der Waals surface area contributed by atoms with E-state index >= 15 is 0 Å². The summed E-state index contributed by atoms with van der Waals surface area (Å²) in [6, 6.07) is 58.1. The van der Waals surface area contributed by atoms with Gasteiger partial charge >= 0.3 is 20.1 Å². The van der Waals surface area contributed by atoms with E-state index in [9.17, 15) is 0 Å². The van der Waals surface area contributed by atoms with Gasteiger partial charge in [0.15, 0.2) is 0 Å². The first-order valence-electron chi connectivity index (χ1n) is 15.3. The van der Waals surface area contributed by atoms with E-state index < -0.39 is 8.07 Å². The molecule has 0 saturated heterocycles. The number of hydrogen-bond acceptors (Lipinski definition) is 3. The van der Waals surface area contributed by atoms with Gasteiger partial charge in [0, 0.05) is 18.6 Å². The number of pyridine rings is 3. The Hall–Kier alpha value is -4.80. The summed E-state index contributed by atoms with van der Waals surface area (Å²) in [5, 5.41) is 1.48. The molecule has 3 aromatic heterocycles. The van der Waals surface area contributed by atoms with Crippen molar-refractivity contribution in [2.75, 3.05) is 0 Å². The molecule has 47 heavy (non-hydrogen) atoms. The average molecular weight is 803 g/mol. The first-order chi connectivity index (χ1) is 22.5. The molecule has 0 radical (unpaired) electrons. The van der Waals surface area contributed by atoms with Crippen LogP contribution < -0.4 is 5.19 Å². The summed E-state index contributed by atoms with van der Waals surface area (Å²) in [6.07, 6.45) is 5.40. The minimum absolute atomic E-state index is 0. The van der Waals surface area contributed by atoms with Crippen molar-refractivity contribution in [2.45, 2.75) is 19.6 Å². The van der Waals surface area contributed by atoms with Crippen LogP contribution in [0, 0.1) is 18.2 Å². The van der Waals surface area contributed by atoms with Crippen LogP contribution >= 0.6 is 0 Å². The number of hydrogen-bond donors (Lipinski definition) is 0. The molecule has 0 fully saturated rings. The van der Waals surface area contributed by atoms with Crippen LogP contribution in [-0.2, 0) is 20.1 Å². The van der Waals surface area contributed by atoms with Gasteiger partial charge in [-0.1, -0.05) is 85.5 Å². The maximum Gasteiger partial charge on any atom is 3.00 e. The van der Waals surface area contributed by atoms with Gasteiger partial charge in [0.1, 0.15) is 0 Å². The molecule has 3 nitrogen and oxygen atoms in total. The van der Waals surface area contributed by atoms with Gasteiger partial charge in [0.25, 0.3) is 0 Å². The van der Waals surface area contributed by atoms with Crippen molar-refractivity contribution in [2.24, 2.45) is 0 Å². The summed E-state index contributed by atoms with van der Waals surface area (Å²) >= 11 is 0. The second-order valence-electron chi connectivity index (χ2n) is 11.5. The second-order valence-corrected chi connectivity index (χ2v) is 16.6. The molecule has 3 heterocycles. The van der Waals surface area contributed by atoms with Gasteiger partial charge < -0.3 is 15.0 Å².